The Bertz CT molecular complexity index is 828. The molecule has 0 fully saturated rings. The fourth-order valence-electron chi connectivity index (χ4n) is 1.90. The van der Waals surface area contributed by atoms with Gasteiger partial charge in [0.15, 0.2) is 18.5 Å². The quantitative estimate of drug-likeness (QED) is 0.550. The molecule has 9 nitrogen and oxygen atoms in total. The van der Waals surface area contributed by atoms with E-state index >= 15 is 0 Å². The van der Waals surface area contributed by atoms with Crippen molar-refractivity contribution in [1.29, 1.82) is 0 Å². The van der Waals surface area contributed by atoms with Crippen LogP contribution in [0.5, 0.6) is 11.5 Å². The van der Waals surface area contributed by atoms with E-state index in [1.165, 1.54) is 25.1 Å². The Kier molecular flexibility index (Phi) is 6.95. The van der Waals surface area contributed by atoms with Crippen LogP contribution in [0.25, 0.3) is 0 Å². The number of nitro benzene ring substituents is 1. The SMILES string of the molecule is CC(Oc1ccccc1[N+](=O)[O-])C(=O)NNC(=O)COc1ccc(Cl)cc1. The number of ether oxygens (including phenoxy) is 2. The monoisotopic (exact) mass is 393 g/mol. The maximum absolute atomic E-state index is 12.0. The van der Waals surface area contributed by atoms with Crippen LogP contribution in [0.15, 0.2) is 48.5 Å². The molecule has 0 heterocycles. The van der Waals surface area contributed by atoms with Crippen molar-refractivity contribution in [2.24, 2.45) is 0 Å². The van der Waals surface area contributed by atoms with Crippen molar-refractivity contribution in [1.82, 2.24) is 10.9 Å². The van der Waals surface area contributed by atoms with Gasteiger partial charge in [-0.3, -0.25) is 30.6 Å². The fourth-order valence-corrected chi connectivity index (χ4v) is 2.03. The predicted molar refractivity (Wildman–Crippen MR) is 96.4 cm³/mol. The van der Waals surface area contributed by atoms with Gasteiger partial charge in [-0.15, -0.1) is 0 Å². The topological polar surface area (TPSA) is 120 Å². The second-order valence-electron chi connectivity index (χ2n) is 5.26. The molecule has 10 heteroatoms. The molecule has 1 unspecified atom stereocenters. The molecule has 0 aliphatic carbocycles. The molecule has 0 saturated carbocycles. The van der Waals surface area contributed by atoms with Crippen molar-refractivity contribution in [3.8, 4) is 11.5 Å². The van der Waals surface area contributed by atoms with Gasteiger partial charge in [-0.2, -0.15) is 0 Å². The lowest BCUT2D eigenvalue weighted by Gasteiger charge is -2.15. The van der Waals surface area contributed by atoms with Gasteiger partial charge in [-0.1, -0.05) is 23.7 Å². The van der Waals surface area contributed by atoms with Crippen LogP contribution in [-0.2, 0) is 9.59 Å². The number of halogens is 1. The van der Waals surface area contributed by atoms with Gasteiger partial charge in [0.2, 0.25) is 0 Å². The van der Waals surface area contributed by atoms with Crippen LogP contribution in [0.1, 0.15) is 6.92 Å². The van der Waals surface area contributed by atoms with Crippen molar-refractivity contribution in [3.05, 3.63) is 63.7 Å². The molecule has 1 atom stereocenters. The molecule has 0 aromatic heterocycles. The third-order valence-electron chi connectivity index (χ3n) is 3.24. The number of carbonyl (C=O) groups is 2. The summed E-state index contributed by atoms with van der Waals surface area (Å²) >= 11 is 5.74. The molecule has 0 spiro atoms. The summed E-state index contributed by atoms with van der Waals surface area (Å²) in [6, 6.07) is 12.1. The third kappa shape index (κ3) is 6.15. The molecule has 0 bridgehead atoms. The highest BCUT2D eigenvalue weighted by molar-refractivity contribution is 6.30. The average molecular weight is 394 g/mol. The van der Waals surface area contributed by atoms with E-state index in [4.69, 9.17) is 21.1 Å². The van der Waals surface area contributed by atoms with Gasteiger partial charge < -0.3 is 9.47 Å². The first-order valence-electron chi connectivity index (χ1n) is 7.74. The number of benzene rings is 2. The van der Waals surface area contributed by atoms with Crippen LogP contribution >= 0.6 is 11.6 Å². The lowest BCUT2D eigenvalue weighted by atomic mass is 10.3. The zero-order valence-electron chi connectivity index (χ0n) is 14.2. The van der Waals surface area contributed by atoms with Crippen molar-refractivity contribution in [2.45, 2.75) is 13.0 Å². The Morgan fingerprint density at radius 1 is 1.15 bits per heavy atom. The lowest BCUT2D eigenvalue weighted by molar-refractivity contribution is -0.386. The van der Waals surface area contributed by atoms with E-state index in [9.17, 15) is 19.7 Å². The fraction of sp³-hybridized carbons (Fsp3) is 0.176. The largest absolute Gasteiger partial charge is 0.484 e. The van der Waals surface area contributed by atoms with Gasteiger partial charge in [-0.25, -0.2) is 0 Å². The van der Waals surface area contributed by atoms with E-state index in [0.717, 1.165) is 0 Å². The average Bonchev–Trinajstić information content (AvgIpc) is 2.65. The number of amides is 2. The Morgan fingerprint density at radius 2 is 1.81 bits per heavy atom. The molecule has 0 radical (unpaired) electrons. The maximum Gasteiger partial charge on any atom is 0.310 e. The Morgan fingerprint density at radius 3 is 2.48 bits per heavy atom. The number of carbonyl (C=O) groups excluding carboxylic acids is 2. The summed E-state index contributed by atoms with van der Waals surface area (Å²) in [6.45, 7) is 1.06. The molecular weight excluding hydrogens is 378 g/mol. The van der Waals surface area contributed by atoms with Gasteiger partial charge >= 0.3 is 5.69 Å². The molecular formula is C17H16ClN3O6. The van der Waals surface area contributed by atoms with Crippen LogP contribution in [0.2, 0.25) is 5.02 Å². The van der Waals surface area contributed by atoms with Crippen LogP contribution in [-0.4, -0.2) is 29.4 Å². The minimum Gasteiger partial charge on any atom is -0.484 e. The van der Waals surface area contributed by atoms with Crippen molar-refractivity contribution in [3.63, 3.8) is 0 Å². The second kappa shape index (κ2) is 9.39. The van der Waals surface area contributed by atoms with Gasteiger partial charge in [0, 0.05) is 11.1 Å². The van der Waals surface area contributed by atoms with Crippen LogP contribution in [0, 0.1) is 10.1 Å². The first-order valence-corrected chi connectivity index (χ1v) is 8.11. The molecule has 2 rings (SSSR count). The molecule has 0 saturated heterocycles. The van der Waals surface area contributed by atoms with Crippen molar-refractivity contribution < 1.29 is 24.0 Å². The van der Waals surface area contributed by atoms with E-state index in [1.54, 1.807) is 30.3 Å². The number of nitrogens with one attached hydrogen (secondary N) is 2. The van der Waals surface area contributed by atoms with Crippen molar-refractivity contribution in [2.75, 3.05) is 6.61 Å². The van der Waals surface area contributed by atoms with Crippen LogP contribution < -0.4 is 20.3 Å². The minimum atomic E-state index is -1.08. The number of hydrogen-bond donors (Lipinski definition) is 2. The molecule has 0 aliphatic heterocycles. The summed E-state index contributed by atoms with van der Waals surface area (Å²) < 4.78 is 10.5. The van der Waals surface area contributed by atoms with Gasteiger partial charge in [0.05, 0.1) is 4.92 Å². The summed E-state index contributed by atoms with van der Waals surface area (Å²) in [5.74, 6) is -0.902. The number of nitrogens with zero attached hydrogens (tertiary/aromatic N) is 1. The van der Waals surface area contributed by atoms with E-state index in [2.05, 4.69) is 10.9 Å². The molecule has 2 amide bonds. The van der Waals surface area contributed by atoms with Crippen molar-refractivity contribution >= 4 is 29.1 Å². The molecule has 142 valence electrons. The summed E-state index contributed by atoms with van der Waals surface area (Å²) in [6.07, 6.45) is -1.08. The lowest BCUT2D eigenvalue weighted by Crippen LogP contribution is -2.48. The highest BCUT2D eigenvalue weighted by Gasteiger charge is 2.21. The van der Waals surface area contributed by atoms with Gasteiger partial charge in [0.25, 0.3) is 11.8 Å². The zero-order valence-corrected chi connectivity index (χ0v) is 14.9. The predicted octanol–water partition coefficient (Wildman–Crippen LogP) is 2.24. The Hall–Kier alpha value is -3.33. The Labute approximate surface area is 159 Å². The number of hydrogen-bond acceptors (Lipinski definition) is 6. The van der Waals surface area contributed by atoms with Crippen LogP contribution in [0.4, 0.5) is 5.69 Å². The summed E-state index contributed by atoms with van der Waals surface area (Å²) in [4.78, 5) is 34.0. The standard InChI is InChI=1S/C17H16ClN3O6/c1-11(27-15-5-3-2-4-14(15)21(24)25)17(23)20-19-16(22)10-26-13-8-6-12(18)7-9-13/h2-9,11H,10H2,1H3,(H,19,22)(H,20,23). The van der Waals surface area contributed by atoms with Gasteiger partial charge in [-0.05, 0) is 37.3 Å². The molecule has 2 aromatic rings. The molecule has 0 aliphatic rings. The van der Waals surface area contributed by atoms with E-state index < -0.39 is 22.8 Å². The highest BCUT2D eigenvalue weighted by atomic mass is 35.5. The third-order valence-corrected chi connectivity index (χ3v) is 3.50. The van der Waals surface area contributed by atoms with Gasteiger partial charge in [0.1, 0.15) is 5.75 Å². The number of hydrazine groups is 1. The van der Waals surface area contributed by atoms with E-state index in [1.807, 2.05) is 0 Å². The Balaban J connectivity index is 1.80. The summed E-state index contributed by atoms with van der Waals surface area (Å²) in [7, 11) is 0. The maximum atomic E-state index is 12.0. The minimum absolute atomic E-state index is 0.0532. The van der Waals surface area contributed by atoms with E-state index in [-0.39, 0.29) is 18.0 Å². The molecule has 27 heavy (non-hydrogen) atoms. The molecule has 2 N–H and O–H groups in total. The number of nitro groups is 1. The summed E-state index contributed by atoms with van der Waals surface area (Å²) in [5.41, 5.74) is 4.06. The highest BCUT2D eigenvalue weighted by Crippen LogP contribution is 2.26. The summed E-state index contributed by atoms with van der Waals surface area (Å²) in [5, 5.41) is 11.5. The number of para-hydroxylation sites is 2. The second-order valence-corrected chi connectivity index (χ2v) is 5.70. The smallest absolute Gasteiger partial charge is 0.310 e. The van der Waals surface area contributed by atoms with E-state index in [0.29, 0.717) is 10.8 Å². The first-order chi connectivity index (χ1) is 12.9. The normalized spacial score (nSPS) is 11.2. The number of rotatable bonds is 7. The first kappa shape index (κ1) is 20.0. The van der Waals surface area contributed by atoms with Crippen LogP contribution in [0.3, 0.4) is 0 Å². The zero-order chi connectivity index (χ0) is 19.8. The molecule has 2 aromatic carbocycles.